The highest BCUT2D eigenvalue weighted by molar-refractivity contribution is 5.39. The summed E-state index contributed by atoms with van der Waals surface area (Å²) in [5.41, 5.74) is 2.67. The molecule has 0 amide bonds. The van der Waals surface area contributed by atoms with Crippen LogP contribution in [0.15, 0.2) is 18.2 Å². The van der Waals surface area contributed by atoms with Gasteiger partial charge in [0.15, 0.2) is 0 Å². The fourth-order valence-electron chi connectivity index (χ4n) is 1.80. The Kier molecular flexibility index (Phi) is 4.63. The van der Waals surface area contributed by atoms with Gasteiger partial charge in [0.05, 0.1) is 7.11 Å². The van der Waals surface area contributed by atoms with Crippen LogP contribution in [0.4, 0.5) is 0 Å². The van der Waals surface area contributed by atoms with E-state index in [0.717, 1.165) is 18.7 Å². The Bertz CT molecular complexity index is 309. The Balaban J connectivity index is 3.00. The molecule has 1 atom stereocenters. The van der Waals surface area contributed by atoms with Crippen molar-refractivity contribution in [1.82, 2.24) is 5.32 Å². The molecule has 1 aromatic carbocycles. The van der Waals surface area contributed by atoms with Crippen molar-refractivity contribution in [3.05, 3.63) is 29.3 Å². The van der Waals surface area contributed by atoms with Gasteiger partial charge in [-0.2, -0.15) is 0 Å². The van der Waals surface area contributed by atoms with Crippen LogP contribution in [0.2, 0.25) is 0 Å². The summed E-state index contributed by atoms with van der Waals surface area (Å²) < 4.78 is 5.38. The molecule has 2 nitrogen and oxygen atoms in total. The minimum Gasteiger partial charge on any atom is -0.496 e. The number of likely N-dealkylation sites (N-methyl/N-ethyl adjacent to an activating group) is 1. The molecule has 1 aromatic rings. The van der Waals surface area contributed by atoms with E-state index in [2.05, 4.69) is 37.4 Å². The van der Waals surface area contributed by atoms with Crippen molar-refractivity contribution in [2.75, 3.05) is 20.7 Å². The molecule has 1 N–H and O–H groups in total. The first-order valence-corrected chi connectivity index (χ1v) is 5.54. The smallest absolute Gasteiger partial charge is 0.122 e. The Morgan fingerprint density at radius 3 is 2.67 bits per heavy atom. The van der Waals surface area contributed by atoms with Gasteiger partial charge in [-0.05, 0) is 36.6 Å². The summed E-state index contributed by atoms with van der Waals surface area (Å²) in [6, 6.07) is 6.45. The lowest BCUT2D eigenvalue weighted by atomic mass is 9.97. The molecule has 0 fully saturated rings. The molecule has 0 bridgehead atoms. The summed E-state index contributed by atoms with van der Waals surface area (Å²) in [5, 5.41) is 3.20. The maximum atomic E-state index is 5.38. The predicted octanol–water partition coefficient (Wildman–Crippen LogP) is 2.58. The molecule has 2 heteroatoms. The highest BCUT2D eigenvalue weighted by Crippen LogP contribution is 2.27. The molecule has 0 heterocycles. The van der Waals surface area contributed by atoms with Crippen LogP contribution in [0.3, 0.4) is 0 Å². The molecular weight excluding hydrogens is 186 g/mol. The summed E-state index contributed by atoms with van der Waals surface area (Å²) in [7, 11) is 3.71. The zero-order valence-corrected chi connectivity index (χ0v) is 10.1. The average Bonchev–Trinajstić information content (AvgIpc) is 2.28. The van der Waals surface area contributed by atoms with Crippen molar-refractivity contribution in [1.29, 1.82) is 0 Å². The summed E-state index contributed by atoms with van der Waals surface area (Å²) in [5.74, 6) is 1.48. The molecule has 84 valence electrons. The molecule has 1 rings (SSSR count). The number of hydrogen-bond acceptors (Lipinski definition) is 2. The van der Waals surface area contributed by atoms with Crippen LogP contribution in [0.5, 0.6) is 5.75 Å². The molecule has 15 heavy (non-hydrogen) atoms. The van der Waals surface area contributed by atoms with Gasteiger partial charge in [-0.3, -0.25) is 0 Å². The number of ether oxygens (including phenoxy) is 1. The molecule has 0 aliphatic heterocycles. The molecule has 0 radical (unpaired) electrons. The minimum absolute atomic E-state index is 0.483. The fraction of sp³-hybridized carbons (Fsp3) is 0.538. The molecule has 0 saturated carbocycles. The lowest BCUT2D eigenvalue weighted by molar-refractivity contribution is 0.405. The second-order valence-electron chi connectivity index (χ2n) is 3.89. The van der Waals surface area contributed by atoms with Gasteiger partial charge in [-0.15, -0.1) is 0 Å². The van der Waals surface area contributed by atoms with E-state index in [0.29, 0.717) is 5.92 Å². The van der Waals surface area contributed by atoms with Gasteiger partial charge < -0.3 is 10.1 Å². The first kappa shape index (κ1) is 12.1. The molecular formula is C13H21NO. The van der Waals surface area contributed by atoms with Crippen LogP contribution in [0.1, 0.15) is 30.9 Å². The van der Waals surface area contributed by atoms with E-state index in [1.807, 2.05) is 7.05 Å². The molecule has 0 saturated heterocycles. The minimum atomic E-state index is 0.483. The zero-order chi connectivity index (χ0) is 11.3. The van der Waals surface area contributed by atoms with E-state index in [4.69, 9.17) is 4.74 Å². The first-order chi connectivity index (χ1) is 7.22. The van der Waals surface area contributed by atoms with Gasteiger partial charge in [0.25, 0.3) is 0 Å². The van der Waals surface area contributed by atoms with Gasteiger partial charge >= 0.3 is 0 Å². The second kappa shape index (κ2) is 5.76. The lowest BCUT2D eigenvalue weighted by Crippen LogP contribution is -2.15. The molecule has 1 unspecified atom stereocenters. The van der Waals surface area contributed by atoms with Gasteiger partial charge in [0, 0.05) is 6.54 Å². The molecule has 0 spiro atoms. The highest BCUT2D eigenvalue weighted by atomic mass is 16.5. The van der Waals surface area contributed by atoms with Crippen molar-refractivity contribution in [3.8, 4) is 5.75 Å². The van der Waals surface area contributed by atoms with Gasteiger partial charge in [-0.25, -0.2) is 0 Å². The van der Waals surface area contributed by atoms with E-state index in [-0.39, 0.29) is 0 Å². The molecule has 0 aromatic heterocycles. The Morgan fingerprint density at radius 1 is 1.40 bits per heavy atom. The number of hydrogen-bond donors (Lipinski definition) is 1. The third-order valence-electron chi connectivity index (χ3n) is 2.74. The first-order valence-electron chi connectivity index (χ1n) is 5.54. The highest BCUT2D eigenvalue weighted by Gasteiger charge is 2.10. The Labute approximate surface area is 92.6 Å². The summed E-state index contributed by atoms with van der Waals surface area (Å²) in [6.07, 6.45) is 1.07. The maximum Gasteiger partial charge on any atom is 0.122 e. The van der Waals surface area contributed by atoms with Crippen molar-refractivity contribution < 1.29 is 4.74 Å². The van der Waals surface area contributed by atoms with Crippen molar-refractivity contribution in [2.24, 2.45) is 0 Å². The van der Waals surface area contributed by atoms with Gasteiger partial charge in [0.2, 0.25) is 0 Å². The Morgan fingerprint density at radius 2 is 2.13 bits per heavy atom. The van der Waals surface area contributed by atoms with Crippen molar-refractivity contribution >= 4 is 0 Å². The lowest BCUT2D eigenvalue weighted by Gasteiger charge is -2.16. The zero-order valence-electron chi connectivity index (χ0n) is 10.1. The largest absolute Gasteiger partial charge is 0.496 e. The maximum absolute atomic E-state index is 5.38. The summed E-state index contributed by atoms with van der Waals surface area (Å²) in [6.45, 7) is 5.37. The SMILES string of the molecule is CCc1ccc(OC)c(C(C)CNC)c1. The van der Waals surface area contributed by atoms with Crippen LogP contribution in [0.25, 0.3) is 0 Å². The van der Waals surface area contributed by atoms with Gasteiger partial charge in [0.1, 0.15) is 5.75 Å². The number of methoxy groups -OCH3 is 1. The Hall–Kier alpha value is -1.02. The second-order valence-corrected chi connectivity index (χ2v) is 3.89. The van der Waals surface area contributed by atoms with Crippen LogP contribution in [0, 0.1) is 0 Å². The number of benzene rings is 1. The van der Waals surface area contributed by atoms with E-state index < -0.39 is 0 Å². The quantitative estimate of drug-likeness (QED) is 0.801. The molecule has 0 aliphatic rings. The van der Waals surface area contributed by atoms with Crippen molar-refractivity contribution in [2.45, 2.75) is 26.2 Å². The van der Waals surface area contributed by atoms with E-state index in [9.17, 15) is 0 Å². The normalized spacial score (nSPS) is 12.5. The third kappa shape index (κ3) is 2.96. The topological polar surface area (TPSA) is 21.3 Å². The van der Waals surface area contributed by atoms with E-state index >= 15 is 0 Å². The number of aryl methyl sites for hydroxylation is 1. The monoisotopic (exact) mass is 207 g/mol. The third-order valence-corrected chi connectivity index (χ3v) is 2.74. The fourth-order valence-corrected chi connectivity index (χ4v) is 1.80. The van der Waals surface area contributed by atoms with E-state index in [1.165, 1.54) is 11.1 Å². The van der Waals surface area contributed by atoms with Crippen LogP contribution >= 0.6 is 0 Å². The number of rotatable bonds is 5. The van der Waals surface area contributed by atoms with Gasteiger partial charge in [-0.1, -0.05) is 26.0 Å². The summed E-state index contributed by atoms with van der Waals surface area (Å²) in [4.78, 5) is 0. The van der Waals surface area contributed by atoms with E-state index in [1.54, 1.807) is 7.11 Å². The predicted molar refractivity (Wildman–Crippen MR) is 64.7 cm³/mol. The standard InChI is InChI=1S/C13H21NO/c1-5-11-6-7-13(15-4)12(8-11)10(2)9-14-3/h6-8,10,14H,5,9H2,1-4H3. The van der Waals surface area contributed by atoms with Crippen LogP contribution in [-0.4, -0.2) is 20.7 Å². The van der Waals surface area contributed by atoms with Crippen LogP contribution in [-0.2, 0) is 6.42 Å². The number of nitrogens with one attached hydrogen (secondary N) is 1. The summed E-state index contributed by atoms with van der Waals surface area (Å²) >= 11 is 0. The van der Waals surface area contributed by atoms with Crippen LogP contribution < -0.4 is 10.1 Å². The average molecular weight is 207 g/mol. The van der Waals surface area contributed by atoms with Crippen molar-refractivity contribution in [3.63, 3.8) is 0 Å². The molecule has 0 aliphatic carbocycles.